The molecule has 1 saturated carbocycles. The van der Waals surface area contributed by atoms with Crippen LogP contribution in [0.15, 0.2) is 36.4 Å². The van der Waals surface area contributed by atoms with Crippen molar-refractivity contribution in [1.82, 2.24) is 19.7 Å². The Bertz CT molecular complexity index is 1140. The van der Waals surface area contributed by atoms with Crippen molar-refractivity contribution in [1.29, 1.82) is 0 Å². The van der Waals surface area contributed by atoms with Crippen LogP contribution in [0.1, 0.15) is 55.2 Å². The molecule has 3 aromatic rings. The molecular formula is C25H30N4O4. The zero-order chi connectivity index (χ0) is 22.9. The topological polar surface area (TPSA) is 89.7 Å². The van der Waals surface area contributed by atoms with Gasteiger partial charge in [-0.3, -0.25) is 4.90 Å². The summed E-state index contributed by atoms with van der Waals surface area (Å²) >= 11 is 0. The second kappa shape index (κ2) is 9.11. The number of carboxylic acids is 1. The lowest BCUT2D eigenvalue weighted by molar-refractivity contribution is -0.0776. The smallest absolute Gasteiger partial charge is 0.354 e. The lowest BCUT2D eigenvalue weighted by atomic mass is 9.82. The highest BCUT2D eigenvalue weighted by Crippen LogP contribution is 2.42. The van der Waals surface area contributed by atoms with Crippen LogP contribution in [0, 0.1) is 0 Å². The molecule has 0 amide bonds. The van der Waals surface area contributed by atoms with E-state index in [4.69, 9.17) is 14.6 Å². The monoisotopic (exact) mass is 450 g/mol. The molecule has 2 fully saturated rings. The lowest BCUT2D eigenvalue weighted by Crippen LogP contribution is -2.53. The van der Waals surface area contributed by atoms with Crippen LogP contribution in [0.3, 0.4) is 0 Å². The van der Waals surface area contributed by atoms with Crippen molar-refractivity contribution in [2.45, 2.75) is 51.1 Å². The maximum absolute atomic E-state index is 11.9. The van der Waals surface area contributed by atoms with E-state index in [2.05, 4.69) is 23.7 Å². The Labute approximate surface area is 193 Å². The van der Waals surface area contributed by atoms with E-state index in [0.29, 0.717) is 36.0 Å². The summed E-state index contributed by atoms with van der Waals surface area (Å²) in [5.41, 5.74) is 2.30. The molecule has 2 aliphatic rings. The minimum atomic E-state index is -1.08. The quantitative estimate of drug-likeness (QED) is 0.529. The molecule has 0 radical (unpaired) electrons. The summed E-state index contributed by atoms with van der Waals surface area (Å²) in [7, 11) is 0. The standard InChI is InChI=1S/C25H30N4O4/c1-16(2)28(19-14-32-15-19)11-12-33-21-13-20(25(30)31)26-24-22(21)23(17-7-6-8-17)27-29(24)18-9-4-3-5-10-18/h3-5,9-10,13,16-17,19H,6-8,11-12,14-15H2,1-2H3,(H,30,31). The highest BCUT2D eigenvalue weighted by Gasteiger charge is 2.30. The summed E-state index contributed by atoms with van der Waals surface area (Å²) in [5.74, 6) is -0.185. The summed E-state index contributed by atoms with van der Waals surface area (Å²) < 4.78 is 13.4. The normalized spacial score (nSPS) is 16.8. The minimum absolute atomic E-state index is 0.0390. The lowest BCUT2D eigenvalue weighted by Gasteiger charge is -2.39. The van der Waals surface area contributed by atoms with Gasteiger partial charge in [-0.25, -0.2) is 14.5 Å². The molecule has 1 aromatic carbocycles. The number of aromatic nitrogens is 3. The number of ether oxygens (including phenoxy) is 2. The molecule has 1 aliphatic heterocycles. The number of hydrogen-bond acceptors (Lipinski definition) is 6. The highest BCUT2D eigenvalue weighted by molar-refractivity contribution is 5.94. The average molecular weight is 451 g/mol. The van der Waals surface area contributed by atoms with Crippen molar-refractivity contribution >= 4 is 17.0 Å². The molecule has 0 bridgehead atoms. The molecular weight excluding hydrogens is 420 g/mol. The molecule has 5 rings (SSSR count). The Morgan fingerprint density at radius 3 is 2.61 bits per heavy atom. The first-order valence-corrected chi connectivity index (χ1v) is 11.7. The van der Waals surface area contributed by atoms with Gasteiger partial charge in [0.2, 0.25) is 0 Å². The van der Waals surface area contributed by atoms with Gasteiger partial charge in [-0.15, -0.1) is 0 Å². The number of pyridine rings is 1. The molecule has 0 unspecified atom stereocenters. The first kappa shape index (κ1) is 21.9. The van der Waals surface area contributed by atoms with Crippen molar-refractivity contribution in [3.8, 4) is 11.4 Å². The van der Waals surface area contributed by atoms with E-state index in [1.54, 1.807) is 10.7 Å². The van der Waals surface area contributed by atoms with Gasteiger partial charge in [0.1, 0.15) is 12.4 Å². The van der Waals surface area contributed by atoms with Crippen LogP contribution in [0.25, 0.3) is 16.7 Å². The molecule has 33 heavy (non-hydrogen) atoms. The summed E-state index contributed by atoms with van der Waals surface area (Å²) in [4.78, 5) is 18.8. The predicted octanol–water partition coefficient (Wildman–Crippen LogP) is 3.87. The molecule has 8 nitrogen and oxygen atoms in total. The Balaban J connectivity index is 1.53. The van der Waals surface area contributed by atoms with E-state index in [9.17, 15) is 9.90 Å². The number of carbonyl (C=O) groups is 1. The van der Waals surface area contributed by atoms with Crippen LogP contribution in [0.2, 0.25) is 0 Å². The van der Waals surface area contributed by atoms with E-state index in [1.165, 1.54) is 6.42 Å². The van der Waals surface area contributed by atoms with Crippen LogP contribution >= 0.6 is 0 Å². The number of benzene rings is 1. The van der Waals surface area contributed by atoms with Crippen molar-refractivity contribution in [2.24, 2.45) is 0 Å². The summed E-state index contributed by atoms with van der Waals surface area (Å²) in [6, 6.07) is 12.1. The van der Waals surface area contributed by atoms with E-state index in [0.717, 1.165) is 49.4 Å². The van der Waals surface area contributed by atoms with E-state index in [-0.39, 0.29) is 5.69 Å². The third-order valence-electron chi connectivity index (χ3n) is 6.70. The zero-order valence-electron chi connectivity index (χ0n) is 19.1. The summed E-state index contributed by atoms with van der Waals surface area (Å²) in [5, 5.41) is 15.5. The van der Waals surface area contributed by atoms with Crippen molar-refractivity contribution in [3.05, 3.63) is 47.8 Å². The van der Waals surface area contributed by atoms with E-state index >= 15 is 0 Å². The van der Waals surface area contributed by atoms with E-state index < -0.39 is 5.97 Å². The van der Waals surface area contributed by atoms with Gasteiger partial charge in [0.05, 0.1) is 36.0 Å². The number of rotatable bonds is 9. The largest absolute Gasteiger partial charge is 0.491 e. The average Bonchev–Trinajstić information content (AvgIpc) is 3.10. The Kier molecular flexibility index (Phi) is 6.03. The van der Waals surface area contributed by atoms with Gasteiger partial charge in [-0.2, -0.15) is 5.10 Å². The van der Waals surface area contributed by atoms with Crippen molar-refractivity contribution in [2.75, 3.05) is 26.4 Å². The first-order valence-electron chi connectivity index (χ1n) is 11.7. The van der Waals surface area contributed by atoms with Gasteiger partial charge in [-0.05, 0) is 38.8 Å². The number of carboxylic acid groups (broad SMARTS) is 1. The predicted molar refractivity (Wildman–Crippen MR) is 124 cm³/mol. The zero-order valence-corrected chi connectivity index (χ0v) is 19.1. The second-order valence-electron chi connectivity index (χ2n) is 9.14. The number of fused-ring (bicyclic) bond motifs is 1. The molecule has 1 N–H and O–H groups in total. The fourth-order valence-corrected chi connectivity index (χ4v) is 4.59. The second-order valence-corrected chi connectivity index (χ2v) is 9.14. The number of aromatic carboxylic acids is 1. The van der Waals surface area contributed by atoms with Crippen LogP contribution in [0.4, 0.5) is 0 Å². The maximum Gasteiger partial charge on any atom is 0.354 e. The first-order chi connectivity index (χ1) is 16.0. The van der Waals surface area contributed by atoms with Gasteiger partial charge in [0.15, 0.2) is 11.3 Å². The SMILES string of the molecule is CC(C)N(CCOc1cc(C(=O)O)nc2c1c(C1CCC1)nn2-c1ccccc1)C1COC1. The Morgan fingerprint density at radius 2 is 2.03 bits per heavy atom. The Morgan fingerprint density at radius 1 is 1.27 bits per heavy atom. The molecule has 1 aliphatic carbocycles. The van der Waals surface area contributed by atoms with Crippen molar-refractivity contribution < 1.29 is 19.4 Å². The molecule has 0 spiro atoms. The van der Waals surface area contributed by atoms with E-state index in [1.807, 2.05) is 30.3 Å². The third-order valence-corrected chi connectivity index (χ3v) is 6.70. The molecule has 8 heteroatoms. The van der Waals surface area contributed by atoms with Crippen LogP contribution < -0.4 is 4.74 Å². The van der Waals surface area contributed by atoms with Gasteiger partial charge in [-0.1, -0.05) is 24.6 Å². The van der Waals surface area contributed by atoms with Crippen LogP contribution in [0.5, 0.6) is 5.75 Å². The fraction of sp³-hybridized carbons (Fsp3) is 0.480. The highest BCUT2D eigenvalue weighted by atomic mass is 16.5. The maximum atomic E-state index is 11.9. The van der Waals surface area contributed by atoms with Crippen molar-refractivity contribution in [3.63, 3.8) is 0 Å². The Hall–Kier alpha value is -2.97. The molecule has 2 aromatic heterocycles. The van der Waals surface area contributed by atoms with Crippen LogP contribution in [-0.4, -0.2) is 69.2 Å². The summed E-state index contributed by atoms with van der Waals surface area (Å²) in [6.45, 7) is 7.03. The van der Waals surface area contributed by atoms with Gasteiger partial charge in [0, 0.05) is 24.6 Å². The number of para-hydroxylation sites is 1. The molecule has 0 atom stereocenters. The molecule has 174 valence electrons. The van der Waals surface area contributed by atoms with Gasteiger partial charge in [0.25, 0.3) is 0 Å². The summed E-state index contributed by atoms with van der Waals surface area (Å²) in [6.07, 6.45) is 3.32. The van der Waals surface area contributed by atoms with Gasteiger partial charge < -0.3 is 14.6 Å². The molecule has 3 heterocycles. The molecule has 1 saturated heterocycles. The third kappa shape index (κ3) is 4.20. The van der Waals surface area contributed by atoms with Crippen LogP contribution in [-0.2, 0) is 4.74 Å². The number of nitrogens with zero attached hydrogens (tertiary/aromatic N) is 4. The number of hydrogen-bond donors (Lipinski definition) is 1. The minimum Gasteiger partial charge on any atom is -0.491 e. The van der Waals surface area contributed by atoms with Gasteiger partial charge >= 0.3 is 5.97 Å². The fourth-order valence-electron chi connectivity index (χ4n) is 4.59.